The molecule has 0 radical (unpaired) electrons. The Morgan fingerprint density at radius 2 is 2.41 bits per heavy atom. The van der Waals surface area contributed by atoms with Crippen molar-refractivity contribution in [3.8, 4) is 6.07 Å². The fraction of sp³-hybridized carbons (Fsp3) is 0.400. The molecule has 114 valence electrons. The molecule has 0 spiro atoms. The highest BCUT2D eigenvalue weighted by Crippen LogP contribution is 2.29. The van der Waals surface area contributed by atoms with Gasteiger partial charge in [-0.1, -0.05) is 23.9 Å². The van der Waals surface area contributed by atoms with Crippen molar-refractivity contribution >= 4 is 39.2 Å². The zero-order chi connectivity index (χ0) is 15.4. The summed E-state index contributed by atoms with van der Waals surface area (Å²) >= 11 is 3.24. The van der Waals surface area contributed by atoms with Gasteiger partial charge in [-0.05, 0) is 12.1 Å². The van der Waals surface area contributed by atoms with Crippen molar-refractivity contribution in [2.45, 2.75) is 16.8 Å². The van der Waals surface area contributed by atoms with Crippen LogP contribution in [0.15, 0.2) is 28.6 Å². The van der Waals surface area contributed by atoms with Crippen LogP contribution in [0.25, 0.3) is 10.2 Å². The maximum atomic E-state index is 12.2. The van der Waals surface area contributed by atoms with Crippen LogP contribution in [-0.4, -0.2) is 47.3 Å². The number of carbonyl (C=O) groups is 1. The molecule has 1 saturated heterocycles. The number of nitrogens with zero attached hydrogens (tertiary/aromatic N) is 3. The van der Waals surface area contributed by atoms with Gasteiger partial charge in [0.15, 0.2) is 4.34 Å². The number of thiazole rings is 1. The normalized spacial score (nSPS) is 18.3. The van der Waals surface area contributed by atoms with Crippen LogP contribution in [0, 0.1) is 11.3 Å². The third-order valence-electron chi connectivity index (χ3n) is 3.41. The van der Waals surface area contributed by atoms with Crippen molar-refractivity contribution < 1.29 is 9.53 Å². The zero-order valence-electron chi connectivity index (χ0n) is 11.9. The molecule has 1 fully saturated rings. The smallest absolute Gasteiger partial charge is 0.224 e. The maximum absolute atomic E-state index is 12.2. The van der Waals surface area contributed by atoms with Gasteiger partial charge >= 0.3 is 0 Å². The number of para-hydroxylation sites is 1. The molecule has 0 bridgehead atoms. The molecule has 0 N–H and O–H groups in total. The molecule has 3 rings (SSSR count). The van der Waals surface area contributed by atoms with Crippen LogP contribution >= 0.6 is 23.1 Å². The topological polar surface area (TPSA) is 66.2 Å². The summed E-state index contributed by atoms with van der Waals surface area (Å²) in [7, 11) is 0. The second-order valence-corrected chi connectivity index (χ2v) is 7.23. The summed E-state index contributed by atoms with van der Waals surface area (Å²) in [6.45, 7) is 1.32. The van der Waals surface area contributed by atoms with E-state index in [1.54, 1.807) is 28.0 Å². The molecule has 1 aromatic heterocycles. The number of fused-ring (bicyclic) bond motifs is 1. The number of nitriles is 1. The minimum absolute atomic E-state index is 0.0171. The molecule has 5 nitrogen and oxygen atoms in total. The monoisotopic (exact) mass is 333 g/mol. The Morgan fingerprint density at radius 1 is 1.55 bits per heavy atom. The number of carbonyl (C=O) groups excluding carboxylic acids is 1. The third kappa shape index (κ3) is 3.40. The van der Waals surface area contributed by atoms with Gasteiger partial charge in [0.05, 0.1) is 29.5 Å². The number of hydrogen-bond donors (Lipinski definition) is 0. The van der Waals surface area contributed by atoms with E-state index < -0.39 is 6.04 Å². The third-order valence-corrected chi connectivity index (χ3v) is 5.59. The highest BCUT2D eigenvalue weighted by atomic mass is 32.2. The molecule has 1 aromatic carbocycles. The number of amides is 1. The molecule has 1 aliphatic heterocycles. The number of rotatable bonds is 4. The van der Waals surface area contributed by atoms with Crippen molar-refractivity contribution in [2.75, 3.05) is 25.5 Å². The first kappa shape index (κ1) is 15.3. The maximum Gasteiger partial charge on any atom is 0.224 e. The van der Waals surface area contributed by atoms with Crippen LogP contribution in [0.3, 0.4) is 0 Å². The van der Waals surface area contributed by atoms with Gasteiger partial charge in [-0.15, -0.1) is 11.3 Å². The lowest BCUT2D eigenvalue weighted by molar-refractivity contribution is -0.137. The average Bonchev–Trinajstić information content (AvgIpc) is 2.97. The van der Waals surface area contributed by atoms with Crippen molar-refractivity contribution in [2.24, 2.45) is 0 Å². The Bertz CT molecular complexity index is 677. The van der Waals surface area contributed by atoms with Gasteiger partial charge < -0.3 is 9.64 Å². The number of aromatic nitrogens is 1. The molecule has 1 amide bonds. The van der Waals surface area contributed by atoms with Crippen LogP contribution in [-0.2, 0) is 9.53 Å². The van der Waals surface area contributed by atoms with E-state index >= 15 is 0 Å². The molecule has 1 aliphatic rings. The van der Waals surface area contributed by atoms with Gasteiger partial charge in [-0.3, -0.25) is 4.79 Å². The predicted octanol–water partition coefficient (Wildman–Crippen LogP) is 2.53. The quantitative estimate of drug-likeness (QED) is 0.805. The van der Waals surface area contributed by atoms with E-state index in [1.165, 1.54) is 0 Å². The van der Waals surface area contributed by atoms with E-state index in [0.29, 0.717) is 31.9 Å². The predicted molar refractivity (Wildman–Crippen MR) is 86.9 cm³/mol. The second-order valence-electron chi connectivity index (χ2n) is 4.85. The van der Waals surface area contributed by atoms with Crippen molar-refractivity contribution in [3.63, 3.8) is 0 Å². The summed E-state index contributed by atoms with van der Waals surface area (Å²) in [6.07, 6.45) is 0.415. The van der Waals surface area contributed by atoms with Gasteiger partial charge in [-0.2, -0.15) is 5.26 Å². The second kappa shape index (κ2) is 7.09. The lowest BCUT2D eigenvalue weighted by atomic mass is 10.2. The molecule has 22 heavy (non-hydrogen) atoms. The SMILES string of the molecule is N#C[C@H]1COCCN1C(=O)CCSc1nc2ccccc2s1. The Hall–Kier alpha value is -1.62. The first-order chi connectivity index (χ1) is 10.8. The van der Waals surface area contributed by atoms with E-state index in [1.807, 2.05) is 24.3 Å². The van der Waals surface area contributed by atoms with Gasteiger partial charge in [0, 0.05) is 18.7 Å². The average molecular weight is 333 g/mol. The van der Waals surface area contributed by atoms with Crippen molar-refractivity contribution in [1.29, 1.82) is 5.26 Å². The molecule has 2 heterocycles. The van der Waals surface area contributed by atoms with E-state index in [2.05, 4.69) is 11.1 Å². The summed E-state index contributed by atoms with van der Waals surface area (Å²) in [5, 5.41) is 9.06. The van der Waals surface area contributed by atoms with Crippen LogP contribution < -0.4 is 0 Å². The van der Waals surface area contributed by atoms with Crippen molar-refractivity contribution in [1.82, 2.24) is 9.88 Å². The molecule has 1 atom stereocenters. The lowest BCUT2D eigenvalue weighted by Crippen LogP contribution is -2.48. The fourth-order valence-electron chi connectivity index (χ4n) is 2.29. The first-order valence-corrected chi connectivity index (χ1v) is 8.83. The summed E-state index contributed by atoms with van der Waals surface area (Å²) in [5.41, 5.74) is 0.999. The van der Waals surface area contributed by atoms with Gasteiger partial charge in [-0.25, -0.2) is 4.98 Å². The standard InChI is InChI=1S/C15H15N3O2S2/c16-9-11-10-20-7-6-18(11)14(19)5-8-21-15-17-12-3-1-2-4-13(12)22-15/h1-4,11H,5-8,10H2/t11-/m0/s1. The van der Waals surface area contributed by atoms with Gasteiger partial charge in [0.2, 0.25) is 5.91 Å². The number of ether oxygens (including phenoxy) is 1. The number of thioether (sulfide) groups is 1. The van der Waals surface area contributed by atoms with Crippen LogP contribution in [0.4, 0.5) is 0 Å². The number of morpholine rings is 1. The molecule has 0 unspecified atom stereocenters. The Labute approximate surface area is 136 Å². The first-order valence-electron chi connectivity index (χ1n) is 7.03. The highest BCUT2D eigenvalue weighted by molar-refractivity contribution is 8.01. The molecule has 0 saturated carbocycles. The highest BCUT2D eigenvalue weighted by Gasteiger charge is 2.26. The van der Waals surface area contributed by atoms with E-state index in [9.17, 15) is 4.79 Å². The van der Waals surface area contributed by atoms with Crippen LogP contribution in [0.1, 0.15) is 6.42 Å². The van der Waals surface area contributed by atoms with Crippen LogP contribution in [0.2, 0.25) is 0 Å². The van der Waals surface area contributed by atoms with E-state index in [0.717, 1.165) is 14.6 Å². The zero-order valence-corrected chi connectivity index (χ0v) is 13.5. The minimum Gasteiger partial charge on any atom is -0.376 e. The summed E-state index contributed by atoms with van der Waals surface area (Å²) in [6, 6.07) is 9.69. The van der Waals surface area contributed by atoms with Gasteiger partial charge in [0.25, 0.3) is 0 Å². The minimum atomic E-state index is -0.450. The van der Waals surface area contributed by atoms with Crippen molar-refractivity contribution in [3.05, 3.63) is 24.3 Å². The summed E-state index contributed by atoms with van der Waals surface area (Å²) in [4.78, 5) is 18.4. The van der Waals surface area contributed by atoms with Gasteiger partial charge in [0.1, 0.15) is 6.04 Å². The Balaban J connectivity index is 1.54. The fourth-order valence-corrected chi connectivity index (χ4v) is 4.36. The molecule has 0 aliphatic carbocycles. The number of hydrogen-bond acceptors (Lipinski definition) is 6. The Kier molecular flexibility index (Phi) is 4.93. The largest absolute Gasteiger partial charge is 0.376 e. The van der Waals surface area contributed by atoms with E-state index in [-0.39, 0.29) is 5.91 Å². The summed E-state index contributed by atoms with van der Waals surface area (Å²) < 4.78 is 7.37. The van der Waals surface area contributed by atoms with E-state index in [4.69, 9.17) is 10.00 Å². The lowest BCUT2D eigenvalue weighted by Gasteiger charge is -2.31. The molecule has 7 heteroatoms. The summed E-state index contributed by atoms with van der Waals surface area (Å²) in [5.74, 6) is 0.692. The number of benzene rings is 1. The molecule has 2 aromatic rings. The van der Waals surface area contributed by atoms with Crippen LogP contribution in [0.5, 0.6) is 0 Å². The molecular formula is C15H15N3O2S2. The molecular weight excluding hydrogens is 318 g/mol. The Morgan fingerprint density at radius 3 is 3.23 bits per heavy atom.